The molecular formula is C13H20ClN5. The zero-order valence-electron chi connectivity index (χ0n) is 11.5. The molecule has 1 atom stereocenters. The van der Waals surface area contributed by atoms with E-state index in [0.717, 1.165) is 19.5 Å². The van der Waals surface area contributed by atoms with Gasteiger partial charge in [-0.3, -0.25) is 0 Å². The maximum atomic E-state index is 6.02. The Morgan fingerprint density at radius 1 is 1.16 bits per heavy atom. The van der Waals surface area contributed by atoms with Crippen LogP contribution in [0.5, 0.6) is 0 Å². The summed E-state index contributed by atoms with van der Waals surface area (Å²) < 4.78 is 0. The van der Waals surface area contributed by atoms with Crippen molar-refractivity contribution in [2.75, 3.05) is 23.3 Å². The van der Waals surface area contributed by atoms with Gasteiger partial charge in [0.15, 0.2) is 0 Å². The molecule has 1 saturated heterocycles. The molecule has 19 heavy (non-hydrogen) atoms. The summed E-state index contributed by atoms with van der Waals surface area (Å²) >= 11 is 6.02. The summed E-state index contributed by atoms with van der Waals surface area (Å²) in [5, 5.41) is 3.63. The average Bonchev–Trinajstić information content (AvgIpc) is 2.97. The Hall–Kier alpha value is -1.10. The minimum Gasteiger partial charge on any atom is -0.351 e. The molecule has 1 aromatic rings. The van der Waals surface area contributed by atoms with Crippen LogP contribution in [0.1, 0.15) is 39.5 Å². The fourth-order valence-electron chi connectivity index (χ4n) is 2.51. The van der Waals surface area contributed by atoms with Gasteiger partial charge in [0, 0.05) is 19.1 Å². The zero-order chi connectivity index (χ0) is 13.5. The summed E-state index contributed by atoms with van der Waals surface area (Å²) in [6, 6.07) is 0.445. The molecule has 1 unspecified atom stereocenters. The molecule has 2 aliphatic rings. The van der Waals surface area contributed by atoms with E-state index < -0.39 is 0 Å². The Kier molecular flexibility index (Phi) is 3.25. The molecule has 1 aliphatic carbocycles. The average molecular weight is 282 g/mol. The summed E-state index contributed by atoms with van der Waals surface area (Å²) in [5.74, 6) is 1.32. The molecule has 5 nitrogen and oxygen atoms in total. The van der Waals surface area contributed by atoms with Gasteiger partial charge in [-0.05, 0) is 42.7 Å². The number of halogens is 1. The standard InChI is InChI=1S/C13H20ClN5/c1-13(2)8-9(13)15-11-16-10(14)17-12(18-11)19-6-4-3-5-7-19/h9H,3-8H2,1-2H3,(H,15,16,17,18). The third-order valence-corrected chi connectivity index (χ3v) is 4.22. The Morgan fingerprint density at radius 2 is 1.84 bits per heavy atom. The van der Waals surface area contributed by atoms with Crippen LogP contribution in [0.15, 0.2) is 0 Å². The van der Waals surface area contributed by atoms with Crippen LogP contribution in [0.25, 0.3) is 0 Å². The van der Waals surface area contributed by atoms with E-state index in [1.54, 1.807) is 0 Å². The topological polar surface area (TPSA) is 53.9 Å². The van der Waals surface area contributed by atoms with Gasteiger partial charge in [0.2, 0.25) is 17.2 Å². The Labute approximate surface area is 118 Å². The molecule has 0 spiro atoms. The predicted molar refractivity (Wildman–Crippen MR) is 76.7 cm³/mol. The lowest BCUT2D eigenvalue weighted by Crippen LogP contribution is -2.31. The molecule has 0 radical (unpaired) electrons. The van der Waals surface area contributed by atoms with Crippen molar-refractivity contribution >= 4 is 23.5 Å². The molecule has 1 aromatic heterocycles. The van der Waals surface area contributed by atoms with Gasteiger partial charge in [-0.15, -0.1) is 0 Å². The van der Waals surface area contributed by atoms with Gasteiger partial charge in [-0.25, -0.2) is 0 Å². The quantitative estimate of drug-likeness (QED) is 0.923. The van der Waals surface area contributed by atoms with E-state index in [-0.39, 0.29) is 5.28 Å². The molecule has 1 N–H and O–H groups in total. The molecule has 0 aromatic carbocycles. The summed E-state index contributed by atoms with van der Waals surface area (Å²) in [7, 11) is 0. The van der Waals surface area contributed by atoms with Crippen molar-refractivity contribution in [3.8, 4) is 0 Å². The van der Waals surface area contributed by atoms with E-state index in [2.05, 4.69) is 39.0 Å². The van der Waals surface area contributed by atoms with Gasteiger partial charge in [0.05, 0.1) is 0 Å². The first-order valence-corrected chi connectivity index (χ1v) is 7.35. The lowest BCUT2D eigenvalue weighted by molar-refractivity contribution is 0.567. The molecule has 6 heteroatoms. The van der Waals surface area contributed by atoms with Gasteiger partial charge in [-0.1, -0.05) is 13.8 Å². The third-order valence-electron chi connectivity index (χ3n) is 4.05. The fourth-order valence-corrected chi connectivity index (χ4v) is 2.66. The number of aromatic nitrogens is 3. The molecule has 1 aliphatic heterocycles. The monoisotopic (exact) mass is 281 g/mol. The Bertz CT molecular complexity index is 470. The maximum Gasteiger partial charge on any atom is 0.231 e. The molecule has 2 heterocycles. The number of anilines is 2. The van der Waals surface area contributed by atoms with Crippen molar-refractivity contribution in [2.24, 2.45) is 5.41 Å². The second-order valence-corrected chi connectivity index (χ2v) is 6.50. The Balaban J connectivity index is 1.76. The van der Waals surface area contributed by atoms with Crippen LogP contribution in [0.4, 0.5) is 11.9 Å². The van der Waals surface area contributed by atoms with E-state index in [1.165, 1.54) is 19.3 Å². The lowest BCUT2D eigenvalue weighted by Gasteiger charge is -2.26. The van der Waals surface area contributed by atoms with Crippen molar-refractivity contribution in [3.63, 3.8) is 0 Å². The highest BCUT2D eigenvalue weighted by Crippen LogP contribution is 2.46. The van der Waals surface area contributed by atoms with Crippen LogP contribution in [0.3, 0.4) is 0 Å². The summed E-state index contributed by atoms with van der Waals surface area (Å²) in [5.41, 5.74) is 0.338. The van der Waals surface area contributed by atoms with E-state index in [9.17, 15) is 0 Å². The van der Waals surface area contributed by atoms with E-state index in [4.69, 9.17) is 11.6 Å². The van der Waals surface area contributed by atoms with Crippen molar-refractivity contribution in [1.82, 2.24) is 15.0 Å². The molecule has 0 bridgehead atoms. The summed E-state index contributed by atoms with van der Waals surface area (Å²) in [6.45, 7) is 6.49. The first-order chi connectivity index (χ1) is 9.04. The summed E-state index contributed by atoms with van der Waals surface area (Å²) in [6.07, 6.45) is 4.83. The van der Waals surface area contributed by atoms with Gasteiger partial charge in [0.25, 0.3) is 0 Å². The number of hydrogen-bond acceptors (Lipinski definition) is 5. The molecule has 1 saturated carbocycles. The number of piperidine rings is 1. The number of hydrogen-bond donors (Lipinski definition) is 1. The summed E-state index contributed by atoms with van der Waals surface area (Å²) in [4.78, 5) is 15.1. The molecule has 2 fully saturated rings. The first kappa shape index (κ1) is 12.9. The predicted octanol–water partition coefficient (Wildman–Crippen LogP) is 2.73. The Morgan fingerprint density at radius 3 is 2.47 bits per heavy atom. The van der Waals surface area contributed by atoms with Crippen molar-refractivity contribution in [1.29, 1.82) is 0 Å². The highest BCUT2D eigenvalue weighted by Gasteiger charge is 2.46. The number of nitrogens with zero attached hydrogens (tertiary/aromatic N) is 4. The van der Waals surface area contributed by atoms with E-state index in [1.807, 2.05) is 0 Å². The van der Waals surface area contributed by atoms with Crippen LogP contribution < -0.4 is 10.2 Å². The number of rotatable bonds is 3. The normalized spacial score (nSPS) is 25.2. The van der Waals surface area contributed by atoms with Gasteiger partial charge >= 0.3 is 0 Å². The molecule has 3 rings (SSSR count). The lowest BCUT2D eigenvalue weighted by atomic mass is 10.1. The van der Waals surface area contributed by atoms with Gasteiger partial charge < -0.3 is 10.2 Å². The fraction of sp³-hybridized carbons (Fsp3) is 0.769. The SMILES string of the molecule is CC1(C)CC1Nc1nc(Cl)nc(N2CCCCC2)n1. The van der Waals surface area contributed by atoms with Crippen molar-refractivity contribution in [2.45, 2.75) is 45.6 Å². The third kappa shape index (κ3) is 2.91. The molecular weight excluding hydrogens is 262 g/mol. The molecule has 104 valence electrons. The highest BCUT2D eigenvalue weighted by atomic mass is 35.5. The first-order valence-electron chi connectivity index (χ1n) is 6.98. The highest BCUT2D eigenvalue weighted by molar-refractivity contribution is 6.28. The van der Waals surface area contributed by atoms with Crippen molar-refractivity contribution < 1.29 is 0 Å². The molecule has 0 amide bonds. The van der Waals surface area contributed by atoms with E-state index in [0.29, 0.717) is 23.4 Å². The maximum absolute atomic E-state index is 6.02. The largest absolute Gasteiger partial charge is 0.351 e. The van der Waals surface area contributed by atoms with Gasteiger partial charge in [-0.2, -0.15) is 15.0 Å². The van der Waals surface area contributed by atoms with Crippen molar-refractivity contribution in [3.05, 3.63) is 5.28 Å². The van der Waals surface area contributed by atoms with Crippen LogP contribution in [0, 0.1) is 5.41 Å². The van der Waals surface area contributed by atoms with Crippen LogP contribution in [-0.2, 0) is 0 Å². The smallest absolute Gasteiger partial charge is 0.231 e. The minimum atomic E-state index is 0.275. The number of nitrogens with one attached hydrogen (secondary N) is 1. The van der Waals surface area contributed by atoms with E-state index >= 15 is 0 Å². The van der Waals surface area contributed by atoms with Gasteiger partial charge in [0.1, 0.15) is 0 Å². The zero-order valence-corrected chi connectivity index (χ0v) is 12.2. The van der Waals surface area contributed by atoms with Crippen LogP contribution >= 0.6 is 11.6 Å². The van der Waals surface area contributed by atoms with Crippen LogP contribution in [0.2, 0.25) is 5.28 Å². The van der Waals surface area contributed by atoms with Crippen LogP contribution in [-0.4, -0.2) is 34.1 Å². The minimum absolute atomic E-state index is 0.275. The second-order valence-electron chi connectivity index (χ2n) is 6.17. The second kappa shape index (κ2) is 4.78.